The van der Waals surface area contributed by atoms with E-state index in [9.17, 15) is 25.6 Å². The van der Waals surface area contributed by atoms with E-state index in [4.69, 9.17) is 0 Å². The summed E-state index contributed by atoms with van der Waals surface area (Å²) in [6.45, 7) is 1.58. The van der Waals surface area contributed by atoms with Gasteiger partial charge in [-0.3, -0.25) is 4.90 Å². The topological polar surface area (TPSA) is 83.5 Å². The van der Waals surface area contributed by atoms with Gasteiger partial charge in [-0.15, -0.1) is 0 Å². The molecule has 1 aliphatic heterocycles. The Hall–Kier alpha value is -1.88. The molecule has 2 aromatic rings. The fourth-order valence-corrected chi connectivity index (χ4v) is 6.30. The van der Waals surface area contributed by atoms with Gasteiger partial charge in [-0.05, 0) is 42.7 Å². The standard InChI is InChI=1S/C19H22F2N2O4S2/c1-28(24,25)18-4-2-3-5-19(18)29(26,27)22-15-8-10-23(11-9-15)13-14-6-7-16(20)17(21)12-14/h2-7,12,15,22H,8-11,13H2,1H3. The summed E-state index contributed by atoms with van der Waals surface area (Å²) in [5.41, 5.74) is 0.644. The first-order valence-electron chi connectivity index (χ1n) is 9.04. The maximum atomic E-state index is 13.3. The second kappa shape index (κ2) is 8.47. The number of nitrogens with one attached hydrogen (secondary N) is 1. The molecule has 0 saturated carbocycles. The fraction of sp³-hybridized carbons (Fsp3) is 0.368. The van der Waals surface area contributed by atoms with Gasteiger partial charge >= 0.3 is 0 Å². The van der Waals surface area contributed by atoms with Gasteiger partial charge < -0.3 is 0 Å². The first kappa shape index (κ1) is 21.8. The summed E-state index contributed by atoms with van der Waals surface area (Å²) in [7, 11) is -7.69. The van der Waals surface area contributed by atoms with E-state index >= 15 is 0 Å². The van der Waals surface area contributed by atoms with Crippen molar-refractivity contribution in [3.05, 3.63) is 59.7 Å². The summed E-state index contributed by atoms with van der Waals surface area (Å²) in [6.07, 6.45) is 2.01. The van der Waals surface area contributed by atoms with Crippen molar-refractivity contribution < 1.29 is 25.6 Å². The van der Waals surface area contributed by atoms with Gasteiger partial charge in [0, 0.05) is 31.9 Å². The SMILES string of the molecule is CS(=O)(=O)c1ccccc1S(=O)(=O)NC1CCN(Cc2ccc(F)c(F)c2)CC1. The smallest absolute Gasteiger partial charge is 0.242 e. The minimum absolute atomic E-state index is 0.233. The van der Waals surface area contributed by atoms with Crippen molar-refractivity contribution in [2.75, 3.05) is 19.3 Å². The minimum atomic E-state index is -4.00. The summed E-state index contributed by atoms with van der Waals surface area (Å²) in [5, 5.41) is 0. The predicted molar refractivity (Wildman–Crippen MR) is 105 cm³/mol. The van der Waals surface area contributed by atoms with E-state index in [0.29, 0.717) is 38.0 Å². The highest BCUT2D eigenvalue weighted by Gasteiger charge is 2.28. The van der Waals surface area contributed by atoms with E-state index in [1.165, 1.54) is 30.3 Å². The normalized spacial score (nSPS) is 16.8. The van der Waals surface area contributed by atoms with E-state index in [0.717, 1.165) is 18.4 Å². The van der Waals surface area contributed by atoms with E-state index < -0.39 is 31.5 Å². The third-order valence-corrected chi connectivity index (χ3v) is 7.70. The molecule has 1 saturated heterocycles. The van der Waals surface area contributed by atoms with Crippen molar-refractivity contribution in [1.29, 1.82) is 0 Å². The molecule has 10 heteroatoms. The van der Waals surface area contributed by atoms with Crippen molar-refractivity contribution in [2.45, 2.75) is 35.2 Å². The summed E-state index contributed by atoms with van der Waals surface area (Å²) < 4.78 is 78.3. The molecule has 0 atom stereocenters. The van der Waals surface area contributed by atoms with Gasteiger partial charge in [-0.2, -0.15) is 0 Å². The number of likely N-dealkylation sites (tertiary alicyclic amines) is 1. The number of hydrogen-bond acceptors (Lipinski definition) is 5. The first-order valence-corrected chi connectivity index (χ1v) is 12.4. The molecule has 158 valence electrons. The van der Waals surface area contributed by atoms with Gasteiger partial charge in [0.05, 0.1) is 4.90 Å². The van der Waals surface area contributed by atoms with E-state index in [1.807, 2.05) is 4.90 Å². The van der Waals surface area contributed by atoms with Crippen LogP contribution < -0.4 is 4.72 Å². The van der Waals surface area contributed by atoms with Crippen LogP contribution >= 0.6 is 0 Å². The first-order chi connectivity index (χ1) is 13.6. The average Bonchev–Trinajstić information content (AvgIpc) is 2.65. The van der Waals surface area contributed by atoms with Gasteiger partial charge in [0.15, 0.2) is 21.5 Å². The molecule has 2 aromatic carbocycles. The number of benzene rings is 2. The number of halogens is 2. The van der Waals surface area contributed by atoms with Crippen LogP contribution in [0.15, 0.2) is 52.3 Å². The van der Waals surface area contributed by atoms with Gasteiger partial charge in [-0.1, -0.05) is 18.2 Å². The van der Waals surface area contributed by atoms with Crippen LogP contribution in [0.4, 0.5) is 8.78 Å². The number of rotatable bonds is 6. The molecule has 1 heterocycles. The molecule has 0 aliphatic carbocycles. The van der Waals surface area contributed by atoms with Crippen molar-refractivity contribution in [2.24, 2.45) is 0 Å². The van der Waals surface area contributed by atoms with Gasteiger partial charge in [0.1, 0.15) is 4.90 Å². The number of piperidine rings is 1. The number of hydrogen-bond donors (Lipinski definition) is 1. The zero-order chi connectivity index (χ0) is 21.2. The molecule has 0 unspecified atom stereocenters. The monoisotopic (exact) mass is 444 g/mol. The number of sulfonamides is 1. The molecule has 0 amide bonds. The summed E-state index contributed by atoms with van der Waals surface area (Å²) in [5.74, 6) is -1.79. The van der Waals surface area contributed by atoms with Crippen LogP contribution in [0.25, 0.3) is 0 Å². The quantitative estimate of drug-likeness (QED) is 0.739. The Morgan fingerprint density at radius 3 is 2.17 bits per heavy atom. The molecular formula is C19H22F2N2O4S2. The predicted octanol–water partition coefficient (Wildman–Crippen LogP) is 2.31. The molecule has 1 N–H and O–H groups in total. The molecule has 0 radical (unpaired) electrons. The van der Waals surface area contributed by atoms with Gasteiger partial charge in [0.25, 0.3) is 0 Å². The molecule has 0 aromatic heterocycles. The van der Waals surface area contributed by atoms with Crippen LogP contribution in [-0.4, -0.2) is 47.1 Å². The van der Waals surface area contributed by atoms with Crippen LogP contribution in [0.2, 0.25) is 0 Å². The number of nitrogens with zero attached hydrogens (tertiary/aromatic N) is 1. The molecular weight excluding hydrogens is 422 g/mol. The zero-order valence-electron chi connectivity index (χ0n) is 15.8. The van der Waals surface area contributed by atoms with Crippen LogP contribution in [0.1, 0.15) is 18.4 Å². The highest BCUT2D eigenvalue weighted by atomic mass is 32.2. The maximum Gasteiger partial charge on any atom is 0.242 e. The average molecular weight is 445 g/mol. The zero-order valence-corrected chi connectivity index (χ0v) is 17.4. The maximum absolute atomic E-state index is 13.3. The molecule has 0 bridgehead atoms. The highest BCUT2D eigenvalue weighted by molar-refractivity contribution is 7.93. The number of sulfone groups is 1. The third kappa shape index (κ3) is 5.39. The molecule has 6 nitrogen and oxygen atoms in total. The van der Waals surface area contributed by atoms with Crippen molar-refractivity contribution in [3.63, 3.8) is 0 Å². The lowest BCUT2D eigenvalue weighted by Gasteiger charge is -2.32. The molecule has 0 spiro atoms. The Kier molecular flexibility index (Phi) is 6.37. The Morgan fingerprint density at radius 1 is 0.966 bits per heavy atom. The van der Waals surface area contributed by atoms with Crippen molar-refractivity contribution in [3.8, 4) is 0 Å². The molecule has 29 heavy (non-hydrogen) atoms. The summed E-state index contributed by atoms with van der Waals surface area (Å²) >= 11 is 0. The van der Waals surface area contributed by atoms with Gasteiger partial charge in [-0.25, -0.2) is 30.3 Å². The molecule has 1 fully saturated rings. The van der Waals surface area contributed by atoms with Crippen LogP contribution in [0.5, 0.6) is 0 Å². The van der Waals surface area contributed by atoms with Crippen molar-refractivity contribution in [1.82, 2.24) is 9.62 Å². The second-order valence-corrected chi connectivity index (χ2v) is 10.8. The Bertz CT molecular complexity index is 1100. The molecule has 3 rings (SSSR count). The lowest BCUT2D eigenvalue weighted by Crippen LogP contribution is -2.44. The summed E-state index contributed by atoms with van der Waals surface area (Å²) in [6, 6.07) is 8.94. The van der Waals surface area contributed by atoms with E-state index in [-0.39, 0.29) is 15.8 Å². The summed E-state index contributed by atoms with van der Waals surface area (Å²) in [4.78, 5) is 1.54. The van der Waals surface area contributed by atoms with E-state index in [2.05, 4.69) is 4.72 Å². The van der Waals surface area contributed by atoms with E-state index in [1.54, 1.807) is 0 Å². The minimum Gasteiger partial charge on any atom is -0.299 e. The van der Waals surface area contributed by atoms with Crippen molar-refractivity contribution >= 4 is 19.9 Å². The fourth-order valence-electron chi connectivity index (χ4n) is 3.37. The Labute approximate surface area is 169 Å². The lowest BCUT2D eigenvalue weighted by atomic mass is 10.1. The lowest BCUT2D eigenvalue weighted by molar-refractivity contribution is 0.199. The van der Waals surface area contributed by atoms with Gasteiger partial charge in [0.2, 0.25) is 10.0 Å². The van der Waals surface area contributed by atoms with Crippen LogP contribution in [-0.2, 0) is 26.4 Å². The Balaban J connectivity index is 1.64. The largest absolute Gasteiger partial charge is 0.299 e. The third-order valence-electron chi connectivity index (χ3n) is 4.84. The molecule has 1 aliphatic rings. The van der Waals surface area contributed by atoms with Crippen LogP contribution in [0.3, 0.4) is 0 Å². The second-order valence-electron chi connectivity index (χ2n) is 7.14. The Morgan fingerprint density at radius 2 is 1.59 bits per heavy atom. The highest BCUT2D eigenvalue weighted by Crippen LogP contribution is 2.22. The van der Waals surface area contributed by atoms with Crippen LogP contribution in [0, 0.1) is 11.6 Å².